The highest BCUT2D eigenvalue weighted by molar-refractivity contribution is 7.98. The summed E-state index contributed by atoms with van der Waals surface area (Å²) in [7, 11) is 1.77. The van der Waals surface area contributed by atoms with E-state index in [2.05, 4.69) is 4.98 Å². The Hall–Kier alpha value is -1.52. The highest BCUT2D eigenvalue weighted by Crippen LogP contribution is 2.24. The van der Waals surface area contributed by atoms with Crippen molar-refractivity contribution in [3.8, 4) is 0 Å². The van der Waals surface area contributed by atoms with Crippen molar-refractivity contribution in [2.45, 2.75) is 11.4 Å². The van der Waals surface area contributed by atoms with E-state index in [4.69, 9.17) is 11.6 Å². The maximum absolute atomic E-state index is 12.5. The molecule has 0 spiro atoms. The number of thioether (sulfide) groups is 1. The largest absolute Gasteiger partial charge is 0.337 e. The van der Waals surface area contributed by atoms with Gasteiger partial charge in [-0.25, -0.2) is 0 Å². The van der Waals surface area contributed by atoms with E-state index in [0.29, 0.717) is 17.1 Å². The van der Waals surface area contributed by atoms with Crippen molar-refractivity contribution in [3.05, 3.63) is 58.9 Å². The van der Waals surface area contributed by atoms with Crippen molar-refractivity contribution in [2.24, 2.45) is 0 Å². The topological polar surface area (TPSA) is 33.2 Å². The third kappa shape index (κ3) is 3.52. The van der Waals surface area contributed by atoms with Gasteiger partial charge in [-0.15, -0.1) is 11.8 Å². The summed E-state index contributed by atoms with van der Waals surface area (Å²) in [6.45, 7) is 0.529. The third-order valence-electron chi connectivity index (χ3n) is 2.92. The average Bonchev–Trinajstić information content (AvgIpc) is 2.48. The van der Waals surface area contributed by atoms with Crippen LogP contribution in [0.3, 0.4) is 0 Å². The minimum atomic E-state index is -0.0808. The van der Waals surface area contributed by atoms with E-state index in [9.17, 15) is 4.79 Å². The van der Waals surface area contributed by atoms with Gasteiger partial charge in [-0.05, 0) is 42.2 Å². The predicted octanol–water partition coefficient (Wildman–Crippen LogP) is 3.73. The Balaban J connectivity index is 2.18. The molecule has 0 N–H and O–H groups in total. The molecular formula is C15H15ClN2OS. The molecule has 0 aliphatic carbocycles. The van der Waals surface area contributed by atoms with E-state index in [-0.39, 0.29) is 5.91 Å². The first kappa shape index (κ1) is 14.9. The molecule has 0 aliphatic rings. The number of hydrogen-bond acceptors (Lipinski definition) is 3. The summed E-state index contributed by atoms with van der Waals surface area (Å²) < 4.78 is 0. The first-order valence-corrected chi connectivity index (χ1v) is 7.70. The van der Waals surface area contributed by atoms with E-state index in [1.807, 2.05) is 30.5 Å². The minimum absolute atomic E-state index is 0.0808. The van der Waals surface area contributed by atoms with Crippen LogP contribution in [0, 0.1) is 0 Å². The number of pyridine rings is 1. The molecule has 104 valence electrons. The van der Waals surface area contributed by atoms with Gasteiger partial charge in [-0.3, -0.25) is 9.78 Å². The van der Waals surface area contributed by atoms with Crippen LogP contribution in [0.4, 0.5) is 0 Å². The van der Waals surface area contributed by atoms with Crippen molar-refractivity contribution in [2.75, 3.05) is 13.3 Å². The Bertz CT molecular complexity index is 604. The van der Waals surface area contributed by atoms with E-state index >= 15 is 0 Å². The van der Waals surface area contributed by atoms with Crippen LogP contribution in [0.2, 0.25) is 5.02 Å². The number of benzene rings is 1. The summed E-state index contributed by atoms with van der Waals surface area (Å²) in [5.41, 5.74) is 1.57. The number of rotatable bonds is 4. The number of nitrogens with zero attached hydrogens (tertiary/aromatic N) is 2. The van der Waals surface area contributed by atoms with Gasteiger partial charge >= 0.3 is 0 Å². The summed E-state index contributed by atoms with van der Waals surface area (Å²) in [4.78, 5) is 19.1. The zero-order chi connectivity index (χ0) is 14.5. The fourth-order valence-corrected chi connectivity index (χ4v) is 2.47. The molecule has 0 saturated heterocycles. The molecule has 20 heavy (non-hydrogen) atoms. The molecular weight excluding hydrogens is 292 g/mol. The van der Waals surface area contributed by atoms with Gasteiger partial charge in [0.05, 0.1) is 10.6 Å². The van der Waals surface area contributed by atoms with Gasteiger partial charge < -0.3 is 4.90 Å². The van der Waals surface area contributed by atoms with Crippen LogP contribution in [0.15, 0.2) is 47.6 Å². The number of amides is 1. The van der Waals surface area contributed by atoms with Crippen molar-refractivity contribution in [3.63, 3.8) is 0 Å². The Morgan fingerprint density at radius 1 is 1.30 bits per heavy atom. The Labute approximate surface area is 128 Å². The van der Waals surface area contributed by atoms with Crippen molar-refractivity contribution in [1.82, 2.24) is 9.88 Å². The number of aromatic nitrogens is 1. The summed E-state index contributed by atoms with van der Waals surface area (Å²) in [6.07, 6.45) is 5.40. The van der Waals surface area contributed by atoms with Crippen LogP contribution in [0.25, 0.3) is 0 Å². The lowest BCUT2D eigenvalue weighted by molar-refractivity contribution is 0.0785. The lowest BCUT2D eigenvalue weighted by Crippen LogP contribution is -2.26. The zero-order valence-corrected chi connectivity index (χ0v) is 12.9. The molecule has 1 amide bonds. The Morgan fingerprint density at radius 2 is 2.00 bits per heavy atom. The maximum atomic E-state index is 12.5. The smallest absolute Gasteiger partial charge is 0.255 e. The van der Waals surface area contributed by atoms with Gasteiger partial charge in [0, 0.05) is 30.9 Å². The molecule has 3 nitrogen and oxygen atoms in total. The Kier molecular flexibility index (Phi) is 5.04. The standard InChI is InChI=1S/C15H15ClN2OS/c1-18(10-11-5-7-17-8-6-11)15(19)13-9-12(20-2)3-4-14(13)16/h3-9H,10H2,1-2H3. The lowest BCUT2D eigenvalue weighted by atomic mass is 10.2. The van der Waals surface area contributed by atoms with Crippen LogP contribution in [0.5, 0.6) is 0 Å². The highest BCUT2D eigenvalue weighted by atomic mass is 35.5. The second-order valence-corrected chi connectivity index (χ2v) is 5.65. The first-order chi connectivity index (χ1) is 9.61. The summed E-state index contributed by atoms with van der Waals surface area (Å²) in [5.74, 6) is -0.0808. The van der Waals surface area contributed by atoms with Gasteiger partial charge in [0.25, 0.3) is 5.91 Å². The van der Waals surface area contributed by atoms with Gasteiger partial charge in [0.1, 0.15) is 0 Å². The van der Waals surface area contributed by atoms with E-state index < -0.39 is 0 Å². The van der Waals surface area contributed by atoms with Crippen LogP contribution < -0.4 is 0 Å². The second-order valence-electron chi connectivity index (χ2n) is 4.36. The van der Waals surface area contributed by atoms with Gasteiger partial charge in [-0.1, -0.05) is 11.6 Å². The molecule has 1 aromatic heterocycles. The fourth-order valence-electron chi connectivity index (χ4n) is 1.83. The molecule has 0 unspecified atom stereocenters. The number of hydrogen-bond donors (Lipinski definition) is 0. The lowest BCUT2D eigenvalue weighted by Gasteiger charge is -2.18. The Morgan fingerprint density at radius 3 is 2.65 bits per heavy atom. The molecule has 0 bridgehead atoms. The molecule has 1 heterocycles. The number of carbonyl (C=O) groups excluding carboxylic acids is 1. The summed E-state index contributed by atoms with van der Waals surface area (Å²) in [6, 6.07) is 9.29. The van der Waals surface area contributed by atoms with Crippen LogP contribution in [-0.2, 0) is 6.54 Å². The maximum Gasteiger partial charge on any atom is 0.255 e. The molecule has 2 aromatic rings. The van der Waals surface area contributed by atoms with Crippen LogP contribution in [0.1, 0.15) is 15.9 Å². The summed E-state index contributed by atoms with van der Waals surface area (Å²) >= 11 is 7.72. The first-order valence-electron chi connectivity index (χ1n) is 6.09. The molecule has 1 aromatic carbocycles. The summed E-state index contributed by atoms with van der Waals surface area (Å²) in [5, 5.41) is 0.481. The van der Waals surface area contributed by atoms with Gasteiger partial charge in [-0.2, -0.15) is 0 Å². The van der Waals surface area contributed by atoms with Crippen molar-refractivity contribution in [1.29, 1.82) is 0 Å². The molecule has 0 fully saturated rings. The molecule has 0 atom stereocenters. The molecule has 0 saturated carbocycles. The number of halogens is 1. The second kappa shape index (κ2) is 6.77. The van der Waals surface area contributed by atoms with Crippen molar-refractivity contribution >= 4 is 29.3 Å². The van der Waals surface area contributed by atoms with E-state index in [1.165, 1.54) is 0 Å². The predicted molar refractivity (Wildman–Crippen MR) is 83.3 cm³/mol. The SMILES string of the molecule is CSc1ccc(Cl)c(C(=O)N(C)Cc2ccncc2)c1. The van der Waals surface area contributed by atoms with E-state index in [0.717, 1.165) is 10.5 Å². The van der Waals surface area contributed by atoms with Gasteiger partial charge in [0.2, 0.25) is 0 Å². The van der Waals surface area contributed by atoms with Crippen molar-refractivity contribution < 1.29 is 4.79 Å². The highest BCUT2D eigenvalue weighted by Gasteiger charge is 2.16. The van der Waals surface area contributed by atoms with Gasteiger partial charge in [0.15, 0.2) is 0 Å². The van der Waals surface area contributed by atoms with Crippen LogP contribution in [-0.4, -0.2) is 29.1 Å². The van der Waals surface area contributed by atoms with E-state index in [1.54, 1.807) is 42.2 Å². The minimum Gasteiger partial charge on any atom is -0.337 e. The quantitative estimate of drug-likeness (QED) is 0.807. The molecule has 2 rings (SSSR count). The fraction of sp³-hybridized carbons (Fsp3) is 0.200. The zero-order valence-electron chi connectivity index (χ0n) is 11.3. The molecule has 0 aliphatic heterocycles. The monoisotopic (exact) mass is 306 g/mol. The molecule has 5 heteroatoms. The number of carbonyl (C=O) groups is 1. The molecule has 0 radical (unpaired) electrons. The average molecular weight is 307 g/mol. The normalized spacial score (nSPS) is 10.3. The van der Waals surface area contributed by atoms with Crippen LogP contribution >= 0.6 is 23.4 Å². The third-order valence-corrected chi connectivity index (χ3v) is 3.97.